The number of aryl methyl sites for hydroxylation is 1. The van der Waals surface area contributed by atoms with Crippen molar-refractivity contribution in [2.45, 2.75) is 47.6 Å². The number of aromatic nitrogens is 2. The van der Waals surface area contributed by atoms with Crippen LogP contribution in [-0.2, 0) is 6.54 Å². The van der Waals surface area contributed by atoms with Crippen LogP contribution in [0.2, 0.25) is 0 Å². The standard InChI is InChI=1S/C8H12N2O.C4H10/c1-3-5-10-6-4-9-8(10)7(2)11;1-4(2)3/h4,6H,3,5H2,1-2H3;4H,1-3H3. The summed E-state index contributed by atoms with van der Waals surface area (Å²) in [4.78, 5) is 14.9. The number of carbonyl (C=O) groups is 1. The van der Waals surface area contributed by atoms with Crippen molar-refractivity contribution in [3.63, 3.8) is 0 Å². The molecule has 0 N–H and O–H groups in total. The summed E-state index contributed by atoms with van der Waals surface area (Å²) >= 11 is 0. The van der Waals surface area contributed by atoms with Crippen molar-refractivity contribution in [3.8, 4) is 0 Å². The fraction of sp³-hybridized carbons (Fsp3) is 0.667. The van der Waals surface area contributed by atoms with Crippen molar-refractivity contribution in [1.29, 1.82) is 0 Å². The van der Waals surface area contributed by atoms with Gasteiger partial charge >= 0.3 is 0 Å². The second kappa shape index (κ2) is 7.21. The number of hydrogen-bond acceptors (Lipinski definition) is 2. The van der Waals surface area contributed by atoms with Gasteiger partial charge in [0, 0.05) is 25.9 Å². The smallest absolute Gasteiger partial charge is 0.195 e. The summed E-state index contributed by atoms with van der Waals surface area (Å²) in [5.41, 5.74) is 0. The summed E-state index contributed by atoms with van der Waals surface area (Å²) in [7, 11) is 0. The normalized spacial score (nSPS) is 9.73. The molecule has 1 rings (SSSR count). The Labute approximate surface area is 92.5 Å². The van der Waals surface area contributed by atoms with Gasteiger partial charge in [-0.15, -0.1) is 0 Å². The lowest BCUT2D eigenvalue weighted by Crippen LogP contribution is -2.06. The minimum absolute atomic E-state index is 0.0310. The maximum atomic E-state index is 10.9. The highest BCUT2D eigenvalue weighted by molar-refractivity contribution is 5.90. The summed E-state index contributed by atoms with van der Waals surface area (Å²) in [6.45, 7) is 11.0. The number of hydrogen-bond donors (Lipinski definition) is 0. The molecule has 0 amide bonds. The lowest BCUT2D eigenvalue weighted by atomic mass is 10.3. The van der Waals surface area contributed by atoms with Crippen molar-refractivity contribution >= 4 is 5.78 Å². The maximum absolute atomic E-state index is 10.9. The van der Waals surface area contributed by atoms with Gasteiger partial charge in [0.05, 0.1) is 0 Å². The van der Waals surface area contributed by atoms with Gasteiger partial charge in [0.2, 0.25) is 0 Å². The molecule has 3 nitrogen and oxygen atoms in total. The number of ketones is 1. The number of nitrogens with zero attached hydrogens (tertiary/aromatic N) is 2. The molecular weight excluding hydrogens is 188 g/mol. The van der Waals surface area contributed by atoms with Crippen LogP contribution in [0.1, 0.15) is 51.7 Å². The molecule has 0 atom stereocenters. The van der Waals surface area contributed by atoms with Crippen LogP contribution in [0.3, 0.4) is 0 Å². The first-order valence-electron chi connectivity index (χ1n) is 5.51. The van der Waals surface area contributed by atoms with E-state index in [1.807, 2.05) is 10.8 Å². The van der Waals surface area contributed by atoms with Crippen LogP contribution in [0.5, 0.6) is 0 Å². The molecule has 86 valence electrons. The van der Waals surface area contributed by atoms with Gasteiger partial charge in [-0.1, -0.05) is 27.7 Å². The average molecular weight is 210 g/mol. The third-order valence-corrected chi connectivity index (χ3v) is 1.49. The monoisotopic (exact) mass is 210 g/mol. The maximum Gasteiger partial charge on any atom is 0.195 e. The van der Waals surface area contributed by atoms with Gasteiger partial charge < -0.3 is 4.57 Å². The second-order valence-electron chi connectivity index (χ2n) is 4.23. The van der Waals surface area contributed by atoms with E-state index in [0.29, 0.717) is 5.82 Å². The van der Waals surface area contributed by atoms with E-state index in [1.165, 1.54) is 6.92 Å². The highest BCUT2D eigenvalue weighted by atomic mass is 16.1. The first kappa shape index (κ1) is 13.9. The predicted molar refractivity (Wildman–Crippen MR) is 63.0 cm³/mol. The molecule has 0 saturated carbocycles. The van der Waals surface area contributed by atoms with Gasteiger partial charge in [-0.05, 0) is 12.3 Å². The molecule has 0 bridgehead atoms. The third-order valence-electron chi connectivity index (χ3n) is 1.49. The van der Waals surface area contributed by atoms with Crippen molar-refractivity contribution in [3.05, 3.63) is 18.2 Å². The van der Waals surface area contributed by atoms with Crippen molar-refractivity contribution in [2.75, 3.05) is 0 Å². The van der Waals surface area contributed by atoms with E-state index in [1.54, 1.807) is 6.20 Å². The average Bonchev–Trinajstić information content (AvgIpc) is 2.51. The van der Waals surface area contributed by atoms with E-state index in [4.69, 9.17) is 0 Å². The highest BCUT2D eigenvalue weighted by Gasteiger charge is 2.05. The van der Waals surface area contributed by atoms with E-state index in [2.05, 4.69) is 32.7 Å². The Morgan fingerprint density at radius 1 is 1.47 bits per heavy atom. The molecule has 0 fully saturated rings. The van der Waals surface area contributed by atoms with Crippen molar-refractivity contribution < 1.29 is 4.79 Å². The van der Waals surface area contributed by atoms with Gasteiger partial charge in [-0.25, -0.2) is 4.98 Å². The van der Waals surface area contributed by atoms with Gasteiger partial charge in [0.25, 0.3) is 0 Å². The molecule has 0 aliphatic heterocycles. The zero-order valence-corrected chi connectivity index (χ0v) is 10.4. The van der Waals surface area contributed by atoms with Gasteiger partial charge in [0.15, 0.2) is 11.6 Å². The molecule has 0 spiro atoms. The lowest BCUT2D eigenvalue weighted by molar-refractivity contribution is 0.0999. The van der Waals surface area contributed by atoms with E-state index in [0.717, 1.165) is 18.9 Å². The number of carbonyl (C=O) groups excluding carboxylic acids is 1. The van der Waals surface area contributed by atoms with Crippen LogP contribution in [0.4, 0.5) is 0 Å². The van der Waals surface area contributed by atoms with E-state index >= 15 is 0 Å². The van der Waals surface area contributed by atoms with Crippen molar-refractivity contribution in [2.24, 2.45) is 5.92 Å². The topological polar surface area (TPSA) is 34.9 Å². The quantitative estimate of drug-likeness (QED) is 0.718. The van der Waals surface area contributed by atoms with Gasteiger partial charge in [-0.3, -0.25) is 4.79 Å². The minimum Gasteiger partial charge on any atom is -0.329 e. The molecule has 1 aromatic heterocycles. The predicted octanol–water partition coefficient (Wildman–Crippen LogP) is 3.16. The van der Waals surface area contributed by atoms with Crippen LogP contribution in [0, 0.1) is 5.92 Å². The fourth-order valence-electron chi connectivity index (χ4n) is 1.04. The number of rotatable bonds is 3. The van der Waals surface area contributed by atoms with E-state index < -0.39 is 0 Å². The molecule has 15 heavy (non-hydrogen) atoms. The molecule has 0 aliphatic carbocycles. The summed E-state index contributed by atoms with van der Waals surface area (Å²) in [5.74, 6) is 1.43. The van der Waals surface area contributed by atoms with E-state index in [-0.39, 0.29) is 5.78 Å². The Balaban J connectivity index is 0.000000423. The molecule has 1 heterocycles. The lowest BCUT2D eigenvalue weighted by Gasteiger charge is -2.01. The first-order chi connectivity index (χ1) is 6.99. The summed E-state index contributed by atoms with van der Waals surface area (Å²) in [6.07, 6.45) is 4.52. The summed E-state index contributed by atoms with van der Waals surface area (Å²) < 4.78 is 1.88. The Hall–Kier alpha value is -1.12. The van der Waals surface area contributed by atoms with Gasteiger partial charge in [0.1, 0.15) is 0 Å². The Bertz CT molecular complexity index is 287. The second-order valence-corrected chi connectivity index (χ2v) is 4.23. The Kier molecular flexibility index (Phi) is 6.67. The molecule has 0 radical (unpaired) electrons. The van der Waals surface area contributed by atoms with Crippen LogP contribution in [0.15, 0.2) is 12.4 Å². The molecule has 1 aromatic rings. The Morgan fingerprint density at radius 3 is 2.40 bits per heavy atom. The molecule has 0 aliphatic rings. The van der Waals surface area contributed by atoms with Gasteiger partial charge in [-0.2, -0.15) is 0 Å². The summed E-state index contributed by atoms with van der Waals surface area (Å²) in [6, 6.07) is 0. The third kappa shape index (κ3) is 6.05. The largest absolute Gasteiger partial charge is 0.329 e. The van der Waals surface area contributed by atoms with E-state index in [9.17, 15) is 4.79 Å². The SMILES string of the molecule is CC(C)C.CCCn1ccnc1C(C)=O. The molecular formula is C12H22N2O. The molecule has 0 aromatic carbocycles. The number of Topliss-reactive ketones (excluding diaryl/α,β-unsaturated/α-hetero) is 1. The number of imidazole rings is 1. The minimum atomic E-state index is 0.0310. The molecule has 0 saturated heterocycles. The van der Waals surface area contributed by atoms with Crippen LogP contribution in [0.25, 0.3) is 0 Å². The Morgan fingerprint density at radius 2 is 2.00 bits per heavy atom. The fourth-order valence-corrected chi connectivity index (χ4v) is 1.04. The molecule has 3 heteroatoms. The van der Waals surface area contributed by atoms with Crippen molar-refractivity contribution in [1.82, 2.24) is 9.55 Å². The highest BCUT2D eigenvalue weighted by Crippen LogP contribution is 1.99. The van der Waals surface area contributed by atoms with Crippen LogP contribution in [-0.4, -0.2) is 15.3 Å². The zero-order valence-electron chi connectivity index (χ0n) is 10.4. The molecule has 0 unspecified atom stereocenters. The zero-order chi connectivity index (χ0) is 11.8. The first-order valence-corrected chi connectivity index (χ1v) is 5.51. The van der Waals surface area contributed by atoms with Crippen LogP contribution < -0.4 is 0 Å². The van der Waals surface area contributed by atoms with Crippen LogP contribution >= 0.6 is 0 Å². The summed E-state index contributed by atoms with van der Waals surface area (Å²) in [5, 5.41) is 0.